The van der Waals surface area contributed by atoms with Gasteiger partial charge in [0.25, 0.3) is 11.6 Å². The fourth-order valence-electron chi connectivity index (χ4n) is 1.68. The molecule has 1 heterocycles. The predicted octanol–water partition coefficient (Wildman–Crippen LogP) is 2.41. The van der Waals surface area contributed by atoms with Gasteiger partial charge in [-0.15, -0.1) is 0 Å². The molecule has 0 aliphatic rings. The zero-order chi connectivity index (χ0) is 15.9. The third-order valence-corrected chi connectivity index (χ3v) is 2.78. The average Bonchev–Trinajstić information content (AvgIpc) is 3.04. The first kappa shape index (κ1) is 15.0. The van der Waals surface area contributed by atoms with Crippen LogP contribution >= 0.6 is 0 Å². The van der Waals surface area contributed by atoms with Gasteiger partial charge in [-0.25, -0.2) is 0 Å². The van der Waals surface area contributed by atoms with Crippen LogP contribution in [0.25, 0.3) is 6.08 Å². The lowest BCUT2D eigenvalue weighted by molar-refractivity contribution is -0.384. The zero-order valence-corrected chi connectivity index (χ0v) is 11.4. The molecule has 2 rings (SSSR count). The fraction of sp³-hybridized carbons (Fsp3) is 0.0667. The lowest BCUT2D eigenvalue weighted by Gasteiger charge is -2.02. The van der Waals surface area contributed by atoms with E-state index in [0.29, 0.717) is 11.3 Å². The van der Waals surface area contributed by atoms with E-state index >= 15 is 0 Å². The number of nitrogens with one attached hydrogen (secondary N) is 1. The third kappa shape index (κ3) is 3.80. The summed E-state index contributed by atoms with van der Waals surface area (Å²) < 4.78 is 5.07. The molecule has 1 N–H and O–H groups in total. The molecule has 0 atom stereocenters. The third-order valence-electron chi connectivity index (χ3n) is 2.78. The highest BCUT2D eigenvalue weighted by atomic mass is 16.6. The summed E-state index contributed by atoms with van der Waals surface area (Å²) in [6, 6.07) is 10.7. The summed E-state index contributed by atoms with van der Waals surface area (Å²) in [6.07, 6.45) is 2.85. The van der Waals surface area contributed by atoms with Crippen molar-refractivity contribution < 1.29 is 14.1 Å². The molecule has 0 radical (unpaired) electrons. The number of hydrogen-bond acceptors (Lipinski definition) is 5. The van der Waals surface area contributed by atoms with Crippen molar-refractivity contribution in [3.63, 3.8) is 0 Å². The van der Waals surface area contributed by atoms with E-state index in [1.165, 1.54) is 36.6 Å². The molecule has 0 spiro atoms. The lowest BCUT2D eigenvalue weighted by atomic mass is 10.1. The van der Waals surface area contributed by atoms with Crippen LogP contribution < -0.4 is 5.32 Å². The maximum Gasteiger partial charge on any atom is 0.269 e. The van der Waals surface area contributed by atoms with Crippen LogP contribution in [0.2, 0.25) is 0 Å². The highest BCUT2D eigenvalue weighted by molar-refractivity contribution is 6.01. The Labute approximate surface area is 125 Å². The molecular weight excluding hydrogens is 286 g/mol. The molecular formula is C15H11N3O4. The summed E-state index contributed by atoms with van der Waals surface area (Å²) in [6.45, 7) is 0.172. The van der Waals surface area contributed by atoms with Gasteiger partial charge >= 0.3 is 0 Å². The summed E-state index contributed by atoms with van der Waals surface area (Å²) in [5, 5.41) is 22.2. The SMILES string of the molecule is N#C/C(=C\c1ccc([N+](=O)[O-])cc1)C(=O)NCc1ccco1. The number of carbonyl (C=O) groups is 1. The van der Waals surface area contributed by atoms with Gasteiger partial charge < -0.3 is 9.73 Å². The first-order valence-corrected chi connectivity index (χ1v) is 6.27. The highest BCUT2D eigenvalue weighted by Crippen LogP contribution is 2.14. The number of hydrogen-bond donors (Lipinski definition) is 1. The maximum atomic E-state index is 11.9. The Morgan fingerprint density at radius 3 is 2.64 bits per heavy atom. The molecule has 1 aromatic heterocycles. The van der Waals surface area contributed by atoms with Gasteiger partial charge in [-0.05, 0) is 35.9 Å². The second-order valence-electron chi connectivity index (χ2n) is 4.28. The molecule has 0 saturated carbocycles. The van der Waals surface area contributed by atoms with E-state index in [1.807, 2.05) is 0 Å². The minimum Gasteiger partial charge on any atom is -0.467 e. The number of non-ortho nitro benzene ring substituents is 1. The van der Waals surface area contributed by atoms with Crippen LogP contribution in [0.4, 0.5) is 5.69 Å². The largest absolute Gasteiger partial charge is 0.467 e. The molecule has 0 aliphatic heterocycles. The van der Waals surface area contributed by atoms with E-state index in [4.69, 9.17) is 9.68 Å². The van der Waals surface area contributed by atoms with Crippen LogP contribution in [0.5, 0.6) is 0 Å². The number of nitro benzene ring substituents is 1. The van der Waals surface area contributed by atoms with Crippen molar-refractivity contribution in [2.75, 3.05) is 0 Å². The van der Waals surface area contributed by atoms with Gasteiger partial charge in [0.1, 0.15) is 17.4 Å². The molecule has 1 amide bonds. The number of amides is 1. The second-order valence-corrected chi connectivity index (χ2v) is 4.28. The quantitative estimate of drug-likeness (QED) is 0.394. The van der Waals surface area contributed by atoms with Gasteiger partial charge in [0.05, 0.1) is 17.7 Å². The molecule has 7 nitrogen and oxygen atoms in total. The van der Waals surface area contributed by atoms with Crippen molar-refractivity contribution >= 4 is 17.7 Å². The second kappa shape index (κ2) is 6.85. The van der Waals surface area contributed by atoms with Crippen molar-refractivity contribution in [2.45, 2.75) is 6.54 Å². The van der Waals surface area contributed by atoms with Gasteiger partial charge in [0.15, 0.2) is 0 Å². The van der Waals surface area contributed by atoms with Crippen LogP contribution in [0, 0.1) is 21.4 Å². The van der Waals surface area contributed by atoms with Crippen LogP contribution in [-0.4, -0.2) is 10.8 Å². The topological polar surface area (TPSA) is 109 Å². The molecule has 22 heavy (non-hydrogen) atoms. The minimum absolute atomic E-state index is 0.0575. The van der Waals surface area contributed by atoms with E-state index in [-0.39, 0.29) is 17.8 Å². The Kier molecular flexibility index (Phi) is 4.67. The number of nitriles is 1. The molecule has 7 heteroatoms. The summed E-state index contributed by atoms with van der Waals surface area (Å²) in [5.74, 6) is 0.0261. The molecule has 0 saturated heterocycles. The standard InChI is InChI=1S/C15H11N3O4/c16-9-12(15(19)17-10-14-2-1-7-22-14)8-11-3-5-13(6-4-11)18(20)21/h1-8H,10H2,(H,17,19)/b12-8+. The Morgan fingerprint density at radius 1 is 1.36 bits per heavy atom. The van der Waals surface area contributed by atoms with Crippen LogP contribution in [0.3, 0.4) is 0 Å². The molecule has 0 unspecified atom stereocenters. The Balaban J connectivity index is 2.07. The summed E-state index contributed by atoms with van der Waals surface area (Å²) in [7, 11) is 0. The molecule has 110 valence electrons. The highest BCUT2D eigenvalue weighted by Gasteiger charge is 2.10. The summed E-state index contributed by atoms with van der Waals surface area (Å²) in [5.41, 5.74) is 0.369. The van der Waals surface area contributed by atoms with Gasteiger partial charge in [-0.2, -0.15) is 5.26 Å². The van der Waals surface area contributed by atoms with Crippen molar-refractivity contribution in [1.82, 2.24) is 5.32 Å². The fourth-order valence-corrected chi connectivity index (χ4v) is 1.68. The van der Waals surface area contributed by atoms with E-state index < -0.39 is 10.8 Å². The molecule has 1 aromatic carbocycles. The molecule has 0 bridgehead atoms. The summed E-state index contributed by atoms with van der Waals surface area (Å²) >= 11 is 0. The van der Waals surface area contributed by atoms with E-state index in [9.17, 15) is 14.9 Å². The maximum absolute atomic E-state index is 11.9. The Bertz CT molecular complexity index is 740. The van der Waals surface area contributed by atoms with Crippen molar-refractivity contribution in [1.29, 1.82) is 5.26 Å². The van der Waals surface area contributed by atoms with Crippen molar-refractivity contribution in [3.05, 3.63) is 69.7 Å². The molecule has 0 fully saturated rings. The van der Waals surface area contributed by atoms with Gasteiger partial charge in [0.2, 0.25) is 0 Å². The lowest BCUT2D eigenvalue weighted by Crippen LogP contribution is -2.23. The van der Waals surface area contributed by atoms with Crippen LogP contribution in [0.15, 0.2) is 52.7 Å². The molecule has 2 aromatic rings. The Morgan fingerprint density at radius 2 is 2.09 bits per heavy atom. The molecule has 0 aliphatic carbocycles. The monoisotopic (exact) mass is 297 g/mol. The normalized spacial score (nSPS) is 10.8. The summed E-state index contributed by atoms with van der Waals surface area (Å²) in [4.78, 5) is 21.9. The van der Waals surface area contributed by atoms with Crippen molar-refractivity contribution in [2.24, 2.45) is 0 Å². The zero-order valence-electron chi connectivity index (χ0n) is 11.4. The van der Waals surface area contributed by atoms with Gasteiger partial charge in [-0.3, -0.25) is 14.9 Å². The average molecular weight is 297 g/mol. The number of rotatable bonds is 5. The van der Waals surface area contributed by atoms with Crippen LogP contribution in [0.1, 0.15) is 11.3 Å². The van der Waals surface area contributed by atoms with E-state index in [2.05, 4.69) is 5.32 Å². The van der Waals surface area contributed by atoms with Crippen LogP contribution in [-0.2, 0) is 11.3 Å². The van der Waals surface area contributed by atoms with Gasteiger partial charge in [0, 0.05) is 12.1 Å². The number of benzene rings is 1. The Hall–Kier alpha value is -3.40. The smallest absolute Gasteiger partial charge is 0.269 e. The van der Waals surface area contributed by atoms with Crippen molar-refractivity contribution in [3.8, 4) is 6.07 Å². The number of carbonyl (C=O) groups excluding carboxylic acids is 1. The predicted molar refractivity (Wildman–Crippen MR) is 77.2 cm³/mol. The number of nitrogens with zero attached hydrogens (tertiary/aromatic N) is 2. The number of furan rings is 1. The van der Waals surface area contributed by atoms with Gasteiger partial charge in [-0.1, -0.05) is 0 Å². The first-order valence-electron chi connectivity index (χ1n) is 6.27. The van der Waals surface area contributed by atoms with E-state index in [1.54, 1.807) is 18.2 Å². The number of nitro groups is 1. The van der Waals surface area contributed by atoms with E-state index in [0.717, 1.165) is 0 Å². The minimum atomic E-state index is -0.544. The first-order chi connectivity index (χ1) is 10.6.